The number of rotatable bonds is 5. The summed E-state index contributed by atoms with van der Waals surface area (Å²) in [5, 5.41) is 12.7. The highest BCUT2D eigenvalue weighted by molar-refractivity contribution is 7.09. The number of nitrogens with one attached hydrogen (secondary N) is 1. The Morgan fingerprint density at radius 3 is 2.59 bits per heavy atom. The molecule has 3 aromatic rings. The first-order chi connectivity index (χ1) is 10.7. The van der Waals surface area contributed by atoms with Crippen LogP contribution in [0.3, 0.4) is 0 Å². The molecular formula is C15H18N6S. The highest BCUT2D eigenvalue weighted by atomic mass is 32.1. The van der Waals surface area contributed by atoms with Crippen molar-refractivity contribution in [2.45, 2.75) is 26.3 Å². The summed E-state index contributed by atoms with van der Waals surface area (Å²) in [5.74, 6) is 2.59. The summed E-state index contributed by atoms with van der Waals surface area (Å²) in [6.45, 7) is 3.99. The van der Waals surface area contributed by atoms with Crippen molar-refractivity contribution in [3.05, 3.63) is 53.4 Å². The number of hydrogen-bond donors (Lipinski definition) is 1. The zero-order valence-corrected chi connectivity index (χ0v) is 13.6. The Hall–Kier alpha value is -2.28. The maximum Gasteiger partial charge on any atom is 0.203 e. The number of nitrogens with zero attached hydrogens (tertiary/aromatic N) is 5. The molecule has 3 rings (SSSR count). The van der Waals surface area contributed by atoms with Crippen LogP contribution in [-0.4, -0.2) is 24.1 Å². The van der Waals surface area contributed by atoms with E-state index in [2.05, 4.69) is 37.0 Å². The van der Waals surface area contributed by atoms with Gasteiger partial charge in [0.05, 0.1) is 0 Å². The summed E-state index contributed by atoms with van der Waals surface area (Å²) in [5.41, 5.74) is 1.12. The largest absolute Gasteiger partial charge is 0.346 e. The van der Waals surface area contributed by atoms with Gasteiger partial charge in [0.2, 0.25) is 5.13 Å². The first-order valence-electron chi connectivity index (χ1n) is 7.19. The molecule has 0 aliphatic rings. The van der Waals surface area contributed by atoms with Crippen LogP contribution in [0.15, 0.2) is 30.3 Å². The maximum absolute atomic E-state index is 4.49. The molecule has 0 saturated heterocycles. The molecule has 0 bridgehead atoms. The minimum absolute atomic E-state index is 0.106. The molecule has 0 aliphatic heterocycles. The van der Waals surface area contributed by atoms with E-state index in [0.29, 0.717) is 0 Å². The lowest BCUT2D eigenvalue weighted by atomic mass is 10.1. The lowest BCUT2D eigenvalue weighted by Gasteiger charge is -2.17. The third-order valence-corrected chi connectivity index (χ3v) is 4.25. The minimum Gasteiger partial charge on any atom is -0.346 e. The average molecular weight is 314 g/mol. The molecule has 6 nitrogen and oxygen atoms in total. The quantitative estimate of drug-likeness (QED) is 0.784. The Morgan fingerprint density at radius 1 is 1.23 bits per heavy atom. The molecule has 114 valence electrons. The first-order valence-corrected chi connectivity index (χ1v) is 7.96. The van der Waals surface area contributed by atoms with Gasteiger partial charge in [0.1, 0.15) is 17.7 Å². The van der Waals surface area contributed by atoms with Crippen LogP contribution < -0.4 is 5.32 Å². The molecular weight excluding hydrogens is 296 g/mol. The number of anilines is 1. The molecule has 2 heterocycles. The summed E-state index contributed by atoms with van der Waals surface area (Å²) in [6, 6.07) is 10.1. The topological polar surface area (TPSA) is 68.5 Å². The van der Waals surface area contributed by atoms with Gasteiger partial charge in [-0.25, -0.2) is 4.98 Å². The van der Waals surface area contributed by atoms with Crippen molar-refractivity contribution in [1.29, 1.82) is 0 Å². The predicted octanol–water partition coefficient (Wildman–Crippen LogP) is 2.74. The van der Waals surface area contributed by atoms with Gasteiger partial charge in [-0.1, -0.05) is 37.3 Å². The van der Waals surface area contributed by atoms with Crippen LogP contribution in [0, 0.1) is 6.92 Å². The van der Waals surface area contributed by atoms with Crippen molar-refractivity contribution >= 4 is 16.7 Å². The van der Waals surface area contributed by atoms with Gasteiger partial charge in [-0.05, 0) is 12.5 Å². The minimum atomic E-state index is -0.106. The Bertz CT molecular complexity index is 748. The van der Waals surface area contributed by atoms with Crippen LogP contribution in [0.4, 0.5) is 5.13 Å². The molecule has 0 amide bonds. The van der Waals surface area contributed by atoms with Gasteiger partial charge in [-0.3, -0.25) is 0 Å². The summed E-state index contributed by atoms with van der Waals surface area (Å²) in [4.78, 5) is 4.49. The lowest BCUT2D eigenvalue weighted by molar-refractivity contribution is 0.733. The maximum atomic E-state index is 4.49. The van der Waals surface area contributed by atoms with Gasteiger partial charge < -0.3 is 9.88 Å². The van der Waals surface area contributed by atoms with Crippen molar-refractivity contribution in [3.8, 4) is 0 Å². The van der Waals surface area contributed by atoms with Crippen LogP contribution in [0.25, 0.3) is 0 Å². The summed E-state index contributed by atoms with van der Waals surface area (Å²) < 4.78 is 6.32. The lowest BCUT2D eigenvalue weighted by Crippen LogP contribution is -2.17. The predicted molar refractivity (Wildman–Crippen MR) is 86.9 cm³/mol. The fourth-order valence-electron chi connectivity index (χ4n) is 2.20. The first kappa shape index (κ1) is 14.6. The second kappa shape index (κ2) is 6.23. The Labute approximate surface area is 133 Å². The summed E-state index contributed by atoms with van der Waals surface area (Å²) >= 11 is 1.37. The number of aromatic nitrogens is 5. The normalized spacial score (nSPS) is 12.3. The van der Waals surface area contributed by atoms with E-state index in [4.69, 9.17) is 0 Å². The van der Waals surface area contributed by atoms with Gasteiger partial charge >= 0.3 is 0 Å². The SMILES string of the molecule is CCc1nsc(N[C@@H](c2ccccc2)c2nnc(C)n2C)n1. The van der Waals surface area contributed by atoms with E-state index >= 15 is 0 Å². The Kier molecular flexibility index (Phi) is 4.15. The Balaban J connectivity index is 1.98. The highest BCUT2D eigenvalue weighted by Crippen LogP contribution is 2.26. The van der Waals surface area contributed by atoms with Gasteiger partial charge in [0.15, 0.2) is 5.82 Å². The standard InChI is InChI=1S/C15H18N6S/c1-4-12-16-15(22-20-12)17-13(11-8-6-5-7-9-11)14-19-18-10(2)21(14)3/h5-9,13H,4H2,1-3H3,(H,16,17,20)/t13-/m0/s1. The van der Waals surface area contributed by atoms with Gasteiger partial charge in [-0.2, -0.15) is 4.37 Å². The zero-order valence-electron chi connectivity index (χ0n) is 12.8. The van der Waals surface area contributed by atoms with E-state index in [1.165, 1.54) is 11.5 Å². The molecule has 22 heavy (non-hydrogen) atoms. The van der Waals surface area contributed by atoms with E-state index in [9.17, 15) is 0 Å². The van der Waals surface area contributed by atoms with Crippen molar-refractivity contribution in [2.75, 3.05) is 5.32 Å². The third-order valence-electron chi connectivity index (χ3n) is 3.57. The van der Waals surface area contributed by atoms with Crippen LogP contribution in [0.5, 0.6) is 0 Å². The molecule has 7 heteroatoms. The van der Waals surface area contributed by atoms with E-state index in [1.807, 2.05) is 43.7 Å². The number of hydrogen-bond acceptors (Lipinski definition) is 6. The highest BCUT2D eigenvalue weighted by Gasteiger charge is 2.21. The fourth-order valence-corrected chi connectivity index (χ4v) is 2.88. The molecule has 0 spiro atoms. The molecule has 0 unspecified atom stereocenters. The number of benzene rings is 1. The molecule has 0 radical (unpaired) electrons. The molecule has 0 aliphatic carbocycles. The van der Waals surface area contributed by atoms with E-state index in [1.54, 1.807) is 0 Å². The molecule has 2 aromatic heterocycles. The molecule has 1 N–H and O–H groups in total. The van der Waals surface area contributed by atoms with E-state index in [0.717, 1.165) is 34.6 Å². The smallest absolute Gasteiger partial charge is 0.203 e. The molecule has 1 aromatic carbocycles. The van der Waals surface area contributed by atoms with Crippen molar-refractivity contribution in [2.24, 2.45) is 7.05 Å². The van der Waals surface area contributed by atoms with Crippen molar-refractivity contribution in [3.63, 3.8) is 0 Å². The molecule has 1 atom stereocenters. The van der Waals surface area contributed by atoms with Crippen LogP contribution >= 0.6 is 11.5 Å². The summed E-state index contributed by atoms with van der Waals surface area (Å²) in [7, 11) is 1.97. The third kappa shape index (κ3) is 2.85. The molecule has 0 fully saturated rings. The van der Waals surface area contributed by atoms with E-state index in [-0.39, 0.29) is 6.04 Å². The van der Waals surface area contributed by atoms with E-state index < -0.39 is 0 Å². The summed E-state index contributed by atoms with van der Waals surface area (Å²) in [6.07, 6.45) is 0.831. The van der Waals surface area contributed by atoms with Gasteiger partial charge in [-0.15, -0.1) is 10.2 Å². The average Bonchev–Trinajstić information content (AvgIpc) is 3.14. The van der Waals surface area contributed by atoms with Crippen LogP contribution in [-0.2, 0) is 13.5 Å². The second-order valence-corrected chi connectivity index (χ2v) is 5.77. The monoisotopic (exact) mass is 314 g/mol. The molecule has 0 saturated carbocycles. The second-order valence-electron chi connectivity index (χ2n) is 5.02. The fraction of sp³-hybridized carbons (Fsp3) is 0.333. The van der Waals surface area contributed by atoms with Gasteiger partial charge in [0.25, 0.3) is 0 Å². The van der Waals surface area contributed by atoms with Gasteiger partial charge in [0, 0.05) is 25.0 Å². The number of aryl methyl sites for hydroxylation is 2. The Morgan fingerprint density at radius 2 is 2.00 bits per heavy atom. The van der Waals surface area contributed by atoms with Crippen LogP contribution in [0.1, 0.15) is 36.0 Å². The van der Waals surface area contributed by atoms with Crippen molar-refractivity contribution < 1.29 is 0 Å². The van der Waals surface area contributed by atoms with Crippen molar-refractivity contribution in [1.82, 2.24) is 24.1 Å². The van der Waals surface area contributed by atoms with Crippen LogP contribution in [0.2, 0.25) is 0 Å². The zero-order chi connectivity index (χ0) is 15.5.